The third-order valence-corrected chi connectivity index (χ3v) is 3.00. The predicted octanol–water partition coefficient (Wildman–Crippen LogP) is 3.15. The summed E-state index contributed by atoms with van der Waals surface area (Å²) in [6.45, 7) is -0.297. The lowest BCUT2D eigenvalue weighted by Crippen LogP contribution is -2.07. The maximum absolute atomic E-state index is 11.8. The third-order valence-electron chi connectivity index (χ3n) is 2.78. The summed E-state index contributed by atoms with van der Waals surface area (Å²) in [5.74, 6) is -0.630. The van der Waals surface area contributed by atoms with E-state index < -0.39 is 16.1 Å². The number of nitro groups is 1. The molecule has 0 fully saturated rings. The molecule has 1 heterocycles. The van der Waals surface area contributed by atoms with Gasteiger partial charge in [0, 0.05) is 24.0 Å². The van der Waals surface area contributed by atoms with E-state index in [2.05, 4.69) is 4.98 Å². The zero-order valence-electron chi connectivity index (χ0n) is 11.5. The number of hydrogen-bond donors (Lipinski definition) is 0. The van der Waals surface area contributed by atoms with Crippen LogP contribution in [0.5, 0.6) is 0 Å². The number of hydrogen-bond acceptors (Lipinski definition) is 6. The number of halogens is 2. The average molecular weight is 357 g/mol. The van der Waals surface area contributed by atoms with Crippen LogP contribution in [0, 0.1) is 10.1 Å². The van der Waals surface area contributed by atoms with Crippen molar-refractivity contribution in [2.45, 2.75) is 6.61 Å². The Balaban J connectivity index is 0.00000264. The van der Waals surface area contributed by atoms with Crippen LogP contribution in [0.2, 0.25) is 0 Å². The van der Waals surface area contributed by atoms with Gasteiger partial charge in [0.25, 0.3) is 10.9 Å². The Labute approximate surface area is 141 Å². The molecule has 7 nitrogen and oxygen atoms in total. The smallest absolute Gasteiger partial charge is 0.338 e. The van der Waals surface area contributed by atoms with Gasteiger partial charge >= 0.3 is 5.97 Å². The highest BCUT2D eigenvalue weighted by molar-refractivity contribution is 6.67. The summed E-state index contributed by atoms with van der Waals surface area (Å²) in [6.07, 6.45) is 2.86. The van der Waals surface area contributed by atoms with Gasteiger partial charge in [-0.25, -0.2) is 4.79 Å². The fraction of sp³-hybridized carbons (Fsp3) is 0.0714. The van der Waals surface area contributed by atoms with Crippen LogP contribution in [0.4, 0.5) is 5.69 Å². The molecule has 1 aromatic heterocycles. The molecule has 0 unspecified atom stereocenters. The fourth-order valence-electron chi connectivity index (χ4n) is 1.69. The molecule has 0 radical (unpaired) electrons. The maximum Gasteiger partial charge on any atom is 0.338 e. The van der Waals surface area contributed by atoms with Crippen LogP contribution in [-0.4, -0.2) is 21.1 Å². The molecular weight excluding hydrogens is 347 g/mol. The zero-order valence-corrected chi connectivity index (χ0v) is 13.0. The quantitative estimate of drug-likeness (QED) is 0.353. The molecule has 23 heavy (non-hydrogen) atoms. The predicted molar refractivity (Wildman–Crippen MR) is 83.9 cm³/mol. The number of esters is 1. The standard InChI is InChI=1S/C14H9ClN2O5.ClH/c15-13(18)10-1-2-11(12(7-10)17(20)21)8-22-14(19)9-3-5-16-6-4-9;/h1-7H,8H2;1H. The van der Waals surface area contributed by atoms with Crippen molar-refractivity contribution in [2.24, 2.45) is 0 Å². The first-order chi connectivity index (χ1) is 10.5. The van der Waals surface area contributed by atoms with Crippen LogP contribution in [0.3, 0.4) is 0 Å². The van der Waals surface area contributed by atoms with Crippen LogP contribution in [0.1, 0.15) is 26.3 Å². The van der Waals surface area contributed by atoms with Gasteiger partial charge in [0.15, 0.2) is 0 Å². The molecule has 0 bridgehead atoms. The van der Waals surface area contributed by atoms with Crippen molar-refractivity contribution in [3.05, 3.63) is 69.5 Å². The number of nitro benzene ring substituents is 1. The Hall–Kier alpha value is -2.51. The summed E-state index contributed by atoms with van der Waals surface area (Å²) in [5.41, 5.74) is 0.103. The number of carbonyl (C=O) groups is 2. The Morgan fingerprint density at radius 1 is 1.17 bits per heavy atom. The Bertz CT molecular complexity index is 737. The minimum atomic E-state index is -0.802. The van der Waals surface area contributed by atoms with Gasteiger partial charge in [-0.1, -0.05) is 0 Å². The van der Waals surface area contributed by atoms with Crippen LogP contribution >= 0.6 is 24.0 Å². The molecule has 0 spiro atoms. The molecule has 0 saturated carbocycles. The van der Waals surface area contributed by atoms with E-state index in [1.165, 1.54) is 36.7 Å². The lowest BCUT2D eigenvalue weighted by molar-refractivity contribution is -0.385. The molecule has 0 atom stereocenters. The van der Waals surface area contributed by atoms with Gasteiger partial charge < -0.3 is 4.74 Å². The van der Waals surface area contributed by atoms with Gasteiger partial charge in [0.1, 0.15) is 6.61 Å². The Morgan fingerprint density at radius 3 is 2.39 bits per heavy atom. The first kappa shape index (κ1) is 18.5. The molecule has 2 rings (SSSR count). The van der Waals surface area contributed by atoms with E-state index in [1.807, 2.05) is 0 Å². The molecule has 0 amide bonds. The highest BCUT2D eigenvalue weighted by atomic mass is 35.5. The van der Waals surface area contributed by atoms with Gasteiger partial charge in [-0.05, 0) is 35.9 Å². The number of aromatic nitrogens is 1. The van der Waals surface area contributed by atoms with Gasteiger partial charge in [0.05, 0.1) is 16.1 Å². The van der Waals surface area contributed by atoms with Crippen molar-refractivity contribution >= 4 is 40.9 Å². The van der Waals surface area contributed by atoms with E-state index in [9.17, 15) is 19.7 Å². The van der Waals surface area contributed by atoms with Crippen LogP contribution in [0.15, 0.2) is 42.7 Å². The van der Waals surface area contributed by atoms with Crippen molar-refractivity contribution in [1.82, 2.24) is 4.98 Å². The van der Waals surface area contributed by atoms with Gasteiger partial charge in [0.2, 0.25) is 0 Å². The summed E-state index contributed by atoms with van der Waals surface area (Å²) in [4.78, 5) is 36.9. The van der Waals surface area contributed by atoms with Crippen molar-refractivity contribution in [3.63, 3.8) is 0 Å². The minimum absolute atomic E-state index is 0. The normalized spacial score (nSPS) is 9.61. The molecule has 2 aromatic rings. The molecule has 0 aliphatic rings. The average Bonchev–Trinajstić information content (AvgIpc) is 2.53. The van der Waals surface area contributed by atoms with Crippen LogP contribution in [0.25, 0.3) is 0 Å². The summed E-state index contributed by atoms with van der Waals surface area (Å²) in [7, 11) is 0. The summed E-state index contributed by atoms with van der Waals surface area (Å²) >= 11 is 5.29. The van der Waals surface area contributed by atoms with Crippen molar-refractivity contribution in [1.29, 1.82) is 0 Å². The maximum atomic E-state index is 11.8. The lowest BCUT2D eigenvalue weighted by atomic mass is 10.1. The Kier molecular flexibility index (Phi) is 6.62. The zero-order chi connectivity index (χ0) is 16.1. The van der Waals surface area contributed by atoms with Crippen LogP contribution < -0.4 is 0 Å². The van der Waals surface area contributed by atoms with Crippen molar-refractivity contribution in [3.8, 4) is 0 Å². The molecule has 0 N–H and O–H groups in total. The molecule has 0 aliphatic carbocycles. The monoisotopic (exact) mass is 356 g/mol. The van der Waals surface area contributed by atoms with E-state index >= 15 is 0 Å². The number of rotatable bonds is 5. The van der Waals surface area contributed by atoms with Gasteiger partial charge in [-0.3, -0.25) is 19.9 Å². The van der Waals surface area contributed by atoms with Crippen molar-refractivity contribution in [2.75, 3.05) is 0 Å². The first-order valence-corrected chi connectivity index (χ1v) is 6.41. The summed E-state index contributed by atoms with van der Waals surface area (Å²) < 4.78 is 5.02. The summed E-state index contributed by atoms with van der Waals surface area (Å²) in [5, 5.41) is 10.2. The second-order valence-electron chi connectivity index (χ2n) is 4.19. The van der Waals surface area contributed by atoms with Crippen LogP contribution in [-0.2, 0) is 11.3 Å². The van der Waals surface area contributed by atoms with E-state index in [1.54, 1.807) is 0 Å². The van der Waals surface area contributed by atoms with Gasteiger partial charge in [-0.2, -0.15) is 0 Å². The fourth-order valence-corrected chi connectivity index (χ4v) is 1.81. The number of carbonyl (C=O) groups excluding carboxylic acids is 2. The highest BCUT2D eigenvalue weighted by Crippen LogP contribution is 2.22. The van der Waals surface area contributed by atoms with Gasteiger partial charge in [-0.15, -0.1) is 12.4 Å². The van der Waals surface area contributed by atoms with Crippen molar-refractivity contribution < 1.29 is 19.2 Å². The van der Waals surface area contributed by atoms with E-state index in [0.717, 1.165) is 6.07 Å². The number of ether oxygens (including phenoxy) is 1. The van der Waals surface area contributed by atoms with E-state index in [0.29, 0.717) is 0 Å². The second-order valence-corrected chi connectivity index (χ2v) is 4.53. The molecule has 9 heteroatoms. The molecule has 0 saturated heterocycles. The SMILES string of the molecule is Cl.O=C(Cl)c1ccc(COC(=O)c2ccncc2)c([N+](=O)[O-])c1. The number of nitrogens with zero attached hydrogens (tertiary/aromatic N) is 2. The molecule has 1 aromatic carbocycles. The number of pyridine rings is 1. The highest BCUT2D eigenvalue weighted by Gasteiger charge is 2.18. The third kappa shape index (κ3) is 4.73. The molecule has 120 valence electrons. The van der Waals surface area contributed by atoms with E-state index in [-0.39, 0.29) is 41.4 Å². The Morgan fingerprint density at radius 2 is 1.83 bits per heavy atom. The number of benzene rings is 1. The topological polar surface area (TPSA) is 99.4 Å². The largest absolute Gasteiger partial charge is 0.457 e. The minimum Gasteiger partial charge on any atom is -0.457 e. The van der Waals surface area contributed by atoms with E-state index in [4.69, 9.17) is 16.3 Å². The second kappa shape index (κ2) is 8.21. The molecular formula is C14H10Cl2N2O5. The molecule has 0 aliphatic heterocycles. The summed E-state index contributed by atoms with van der Waals surface area (Å²) in [6, 6.07) is 6.63. The lowest BCUT2D eigenvalue weighted by Gasteiger charge is -2.06. The first-order valence-electron chi connectivity index (χ1n) is 6.03.